The number of halogens is 1. The minimum absolute atomic E-state index is 0.706. The minimum Gasteiger partial charge on any atom is -0.384 e. The lowest BCUT2D eigenvalue weighted by Crippen LogP contribution is -2.07. The Morgan fingerprint density at radius 2 is 2.06 bits per heavy atom. The van der Waals surface area contributed by atoms with Gasteiger partial charge in [0.1, 0.15) is 5.82 Å². The second kappa shape index (κ2) is 5.98. The molecule has 0 saturated carbocycles. The Balaban J connectivity index is 2.07. The Bertz CT molecular complexity index is 465. The molecule has 0 aliphatic rings. The van der Waals surface area contributed by atoms with Gasteiger partial charge in [0.2, 0.25) is 0 Å². The van der Waals surface area contributed by atoms with Gasteiger partial charge in [-0.2, -0.15) is 0 Å². The van der Waals surface area contributed by atoms with Crippen molar-refractivity contribution in [3.63, 3.8) is 0 Å². The molecule has 2 rings (SSSR count). The molecule has 1 heterocycles. The fraction of sp³-hybridized carbons (Fsp3) is 0.308. The van der Waals surface area contributed by atoms with Gasteiger partial charge in [-0.15, -0.1) is 0 Å². The van der Waals surface area contributed by atoms with Crippen LogP contribution in [0.5, 0.6) is 0 Å². The molecule has 17 heavy (non-hydrogen) atoms. The van der Waals surface area contributed by atoms with Crippen LogP contribution in [-0.2, 0) is 17.7 Å². The second-order valence-electron chi connectivity index (χ2n) is 3.84. The van der Waals surface area contributed by atoms with E-state index in [9.17, 15) is 0 Å². The molecule has 0 fully saturated rings. The number of methoxy groups -OCH3 is 1. The fourth-order valence-corrected chi connectivity index (χ4v) is 1.96. The standard InChI is InChI=1S/C13H15BrN2O/c1-17-9-6-13-15-7-8-16(13)10-11-2-4-12(14)5-3-11/h2-5,7-8H,6,9-10H2,1H3. The molecule has 0 saturated heterocycles. The van der Waals surface area contributed by atoms with Crippen molar-refractivity contribution < 1.29 is 4.74 Å². The first-order chi connectivity index (χ1) is 8.29. The van der Waals surface area contributed by atoms with Crippen molar-refractivity contribution in [3.8, 4) is 0 Å². The van der Waals surface area contributed by atoms with Gasteiger partial charge in [-0.25, -0.2) is 4.98 Å². The zero-order valence-corrected chi connectivity index (χ0v) is 11.4. The molecule has 0 aliphatic heterocycles. The zero-order valence-electron chi connectivity index (χ0n) is 9.77. The lowest BCUT2D eigenvalue weighted by atomic mass is 10.2. The molecule has 1 aromatic carbocycles. The van der Waals surface area contributed by atoms with Crippen molar-refractivity contribution in [2.45, 2.75) is 13.0 Å². The van der Waals surface area contributed by atoms with Crippen molar-refractivity contribution in [1.29, 1.82) is 0 Å². The molecule has 0 unspecified atom stereocenters. The maximum Gasteiger partial charge on any atom is 0.111 e. The number of ether oxygens (including phenoxy) is 1. The molecule has 0 amide bonds. The second-order valence-corrected chi connectivity index (χ2v) is 4.76. The number of hydrogen-bond donors (Lipinski definition) is 0. The van der Waals surface area contributed by atoms with Gasteiger partial charge in [-0.1, -0.05) is 28.1 Å². The highest BCUT2D eigenvalue weighted by Gasteiger charge is 2.03. The minimum atomic E-state index is 0.706. The molecule has 0 N–H and O–H groups in total. The monoisotopic (exact) mass is 294 g/mol. The number of hydrogen-bond acceptors (Lipinski definition) is 2. The number of rotatable bonds is 5. The van der Waals surface area contributed by atoms with Crippen LogP contribution in [0.15, 0.2) is 41.1 Å². The third-order valence-corrected chi connectivity index (χ3v) is 3.13. The van der Waals surface area contributed by atoms with Crippen molar-refractivity contribution in [3.05, 3.63) is 52.5 Å². The van der Waals surface area contributed by atoms with E-state index in [1.165, 1.54) is 5.56 Å². The normalized spacial score (nSPS) is 10.7. The first-order valence-electron chi connectivity index (χ1n) is 5.53. The lowest BCUT2D eigenvalue weighted by Gasteiger charge is -2.07. The summed E-state index contributed by atoms with van der Waals surface area (Å²) in [5.74, 6) is 1.06. The Morgan fingerprint density at radius 1 is 1.29 bits per heavy atom. The van der Waals surface area contributed by atoms with E-state index in [-0.39, 0.29) is 0 Å². The van der Waals surface area contributed by atoms with Crippen molar-refractivity contribution in [1.82, 2.24) is 9.55 Å². The lowest BCUT2D eigenvalue weighted by molar-refractivity contribution is 0.199. The molecular formula is C13H15BrN2O. The van der Waals surface area contributed by atoms with Gasteiger partial charge in [0.15, 0.2) is 0 Å². The first kappa shape index (κ1) is 12.3. The summed E-state index contributed by atoms with van der Waals surface area (Å²) in [6.45, 7) is 1.56. The number of imidazole rings is 1. The van der Waals surface area contributed by atoms with Gasteiger partial charge in [0.25, 0.3) is 0 Å². The first-order valence-corrected chi connectivity index (χ1v) is 6.32. The van der Waals surface area contributed by atoms with Crippen LogP contribution in [0.1, 0.15) is 11.4 Å². The summed E-state index contributed by atoms with van der Waals surface area (Å²) in [5.41, 5.74) is 1.27. The van der Waals surface area contributed by atoms with E-state index in [1.54, 1.807) is 7.11 Å². The summed E-state index contributed by atoms with van der Waals surface area (Å²) < 4.78 is 8.33. The van der Waals surface area contributed by atoms with Gasteiger partial charge >= 0.3 is 0 Å². The van der Waals surface area contributed by atoms with E-state index < -0.39 is 0 Å². The molecule has 0 bridgehead atoms. The van der Waals surface area contributed by atoms with E-state index in [0.29, 0.717) is 6.61 Å². The van der Waals surface area contributed by atoms with Gasteiger partial charge < -0.3 is 9.30 Å². The van der Waals surface area contributed by atoms with Crippen molar-refractivity contribution >= 4 is 15.9 Å². The average Bonchev–Trinajstić information content (AvgIpc) is 2.77. The molecular weight excluding hydrogens is 280 g/mol. The Morgan fingerprint density at radius 3 is 2.76 bits per heavy atom. The van der Waals surface area contributed by atoms with Crippen LogP contribution in [0, 0.1) is 0 Å². The summed E-state index contributed by atoms with van der Waals surface area (Å²) in [6, 6.07) is 8.34. The molecule has 4 heteroatoms. The third-order valence-electron chi connectivity index (χ3n) is 2.60. The molecule has 1 aromatic heterocycles. The molecule has 90 valence electrons. The molecule has 0 aliphatic carbocycles. The highest BCUT2D eigenvalue weighted by atomic mass is 79.9. The van der Waals surface area contributed by atoms with Crippen LogP contribution < -0.4 is 0 Å². The van der Waals surface area contributed by atoms with E-state index in [2.05, 4.69) is 49.7 Å². The summed E-state index contributed by atoms with van der Waals surface area (Å²) in [7, 11) is 1.71. The summed E-state index contributed by atoms with van der Waals surface area (Å²) in [5, 5.41) is 0. The topological polar surface area (TPSA) is 27.1 Å². The number of nitrogens with zero attached hydrogens (tertiary/aromatic N) is 2. The van der Waals surface area contributed by atoms with Crippen LogP contribution in [0.4, 0.5) is 0 Å². The van der Waals surface area contributed by atoms with Gasteiger partial charge in [-0.3, -0.25) is 0 Å². The van der Waals surface area contributed by atoms with Crippen LogP contribution in [0.3, 0.4) is 0 Å². The maximum absolute atomic E-state index is 5.08. The third kappa shape index (κ3) is 3.41. The van der Waals surface area contributed by atoms with Crippen molar-refractivity contribution in [2.24, 2.45) is 0 Å². The summed E-state index contributed by atoms with van der Waals surface area (Å²) in [6.07, 6.45) is 4.69. The average molecular weight is 295 g/mol. The molecule has 3 nitrogen and oxygen atoms in total. The Kier molecular flexibility index (Phi) is 4.34. The van der Waals surface area contributed by atoms with Gasteiger partial charge in [0.05, 0.1) is 6.61 Å². The van der Waals surface area contributed by atoms with E-state index in [1.807, 2.05) is 12.4 Å². The number of aromatic nitrogens is 2. The van der Waals surface area contributed by atoms with Gasteiger partial charge in [0, 0.05) is 36.9 Å². The Labute approximate surface area is 110 Å². The quantitative estimate of drug-likeness (QED) is 0.848. The van der Waals surface area contributed by atoms with E-state index in [0.717, 1.165) is 23.3 Å². The van der Waals surface area contributed by atoms with Crippen LogP contribution in [-0.4, -0.2) is 23.3 Å². The predicted octanol–water partition coefficient (Wildman–Crippen LogP) is 2.88. The maximum atomic E-state index is 5.08. The molecule has 2 aromatic rings. The number of benzene rings is 1. The SMILES string of the molecule is COCCc1nccn1Cc1ccc(Br)cc1. The molecule has 0 radical (unpaired) electrons. The molecule has 0 atom stereocenters. The Hall–Kier alpha value is -1.13. The highest BCUT2D eigenvalue weighted by molar-refractivity contribution is 9.10. The predicted molar refractivity (Wildman–Crippen MR) is 71.1 cm³/mol. The summed E-state index contributed by atoms with van der Waals surface area (Å²) >= 11 is 3.44. The van der Waals surface area contributed by atoms with Crippen LogP contribution in [0.25, 0.3) is 0 Å². The van der Waals surface area contributed by atoms with Crippen LogP contribution in [0.2, 0.25) is 0 Å². The van der Waals surface area contributed by atoms with Gasteiger partial charge in [-0.05, 0) is 17.7 Å². The molecule has 0 spiro atoms. The van der Waals surface area contributed by atoms with E-state index >= 15 is 0 Å². The zero-order chi connectivity index (χ0) is 12.1. The smallest absolute Gasteiger partial charge is 0.111 e. The highest BCUT2D eigenvalue weighted by Crippen LogP contribution is 2.12. The van der Waals surface area contributed by atoms with Crippen molar-refractivity contribution in [2.75, 3.05) is 13.7 Å². The van der Waals surface area contributed by atoms with E-state index in [4.69, 9.17) is 4.74 Å². The fourth-order valence-electron chi connectivity index (χ4n) is 1.69. The van der Waals surface area contributed by atoms with Crippen LogP contribution >= 0.6 is 15.9 Å². The summed E-state index contributed by atoms with van der Waals surface area (Å²) in [4.78, 5) is 4.34. The largest absolute Gasteiger partial charge is 0.384 e.